The second kappa shape index (κ2) is 4.70. The minimum Gasteiger partial charge on any atom is -0.299 e. The lowest BCUT2D eigenvalue weighted by atomic mass is 10.0. The van der Waals surface area contributed by atoms with Crippen LogP contribution in [0.15, 0.2) is 0 Å². The maximum Gasteiger partial charge on any atom is 0.0619 e. The summed E-state index contributed by atoms with van der Waals surface area (Å²) in [6, 6.07) is 0.752. The third-order valence-corrected chi connectivity index (χ3v) is 4.33. The summed E-state index contributed by atoms with van der Waals surface area (Å²) in [7, 11) is 0. The van der Waals surface area contributed by atoms with Crippen molar-refractivity contribution in [2.45, 2.75) is 57.9 Å². The maximum atomic E-state index is 3.74. The van der Waals surface area contributed by atoms with Gasteiger partial charge in [-0.3, -0.25) is 5.32 Å². The molecule has 1 N–H and O–H groups in total. The standard InChI is InChI=1S/C11H23NS/c1-5-10-8-13-11(4,12-10)7-6-9(2)3/h9-10,12H,5-8H2,1-4H3. The van der Waals surface area contributed by atoms with Crippen LogP contribution in [-0.2, 0) is 0 Å². The molecular formula is C11H23NS. The SMILES string of the molecule is CCC1CSC(C)(CCC(C)C)N1. The molecule has 1 nitrogen and oxygen atoms in total. The first-order valence-corrected chi connectivity index (χ1v) is 6.46. The molecule has 13 heavy (non-hydrogen) atoms. The Labute approximate surface area is 87.1 Å². The zero-order valence-electron chi connectivity index (χ0n) is 9.39. The third-order valence-electron chi connectivity index (χ3n) is 2.80. The van der Waals surface area contributed by atoms with E-state index in [9.17, 15) is 0 Å². The van der Waals surface area contributed by atoms with E-state index in [2.05, 4.69) is 44.8 Å². The zero-order valence-corrected chi connectivity index (χ0v) is 10.2. The molecule has 2 heteroatoms. The molecule has 2 atom stereocenters. The van der Waals surface area contributed by atoms with Gasteiger partial charge in [0, 0.05) is 11.8 Å². The summed E-state index contributed by atoms with van der Waals surface area (Å²) < 4.78 is 0. The fraction of sp³-hybridized carbons (Fsp3) is 1.00. The minimum absolute atomic E-state index is 0.366. The van der Waals surface area contributed by atoms with Crippen LogP contribution >= 0.6 is 11.8 Å². The Morgan fingerprint density at radius 1 is 1.54 bits per heavy atom. The van der Waals surface area contributed by atoms with Crippen molar-refractivity contribution < 1.29 is 0 Å². The maximum absolute atomic E-state index is 3.74. The predicted octanol–water partition coefficient (Wildman–Crippen LogP) is 3.25. The number of hydrogen-bond donors (Lipinski definition) is 1. The van der Waals surface area contributed by atoms with Crippen molar-refractivity contribution >= 4 is 11.8 Å². The van der Waals surface area contributed by atoms with Crippen LogP contribution in [0.4, 0.5) is 0 Å². The Kier molecular flexibility index (Phi) is 4.11. The molecule has 1 aliphatic rings. The molecule has 0 aromatic heterocycles. The van der Waals surface area contributed by atoms with E-state index in [-0.39, 0.29) is 0 Å². The fourth-order valence-electron chi connectivity index (χ4n) is 1.73. The minimum atomic E-state index is 0.366. The van der Waals surface area contributed by atoms with Crippen molar-refractivity contribution in [3.8, 4) is 0 Å². The van der Waals surface area contributed by atoms with E-state index >= 15 is 0 Å². The molecule has 0 spiro atoms. The Morgan fingerprint density at radius 3 is 2.69 bits per heavy atom. The summed E-state index contributed by atoms with van der Waals surface area (Å²) >= 11 is 2.11. The highest BCUT2D eigenvalue weighted by molar-refractivity contribution is 8.00. The van der Waals surface area contributed by atoms with Crippen LogP contribution in [0.3, 0.4) is 0 Å². The van der Waals surface area contributed by atoms with Gasteiger partial charge in [-0.1, -0.05) is 20.8 Å². The second-order valence-corrected chi connectivity index (χ2v) is 6.25. The van der Waals surface area contributed by atoms with Gasteiger partial charge >= 0.3 is 0 Å². The summed E-state index contributed by atoms with van der Waals surface area (Å²) in [6.45, 7) is 9.24. The molecule has 2 unspecified atom stereocenters. The van der Waals surface area contributed by atoms with Crippen LogP contribution in [-0.4, -0.2) is 16.7 Å². The normalized spacial score (nSPS) is 34.4. The number of thioether (sulfide) groups is 1. The van der Waals surface area contributed by atoms with Crippen molar-refractivity contribution in [3.63, 3.8) is 0 Å². The van der Waals surface area contributed by atoms with Crippen molar-refractivity contribution in [2.24, 2.45) is 5.92 Å². The number of hydrogen-bond acceptors (Lipinski definition) is 2. The van der Waals surface area contributed by atoms with Crippen molar-refractivity contribution in [3.05, 3.63) is 0 Å². The van der Waals surface area contributed by atoms with Crippen LogP contribution in [0.1, 0.15) is 47.0 Å². The summed E-state index contributed by atoms with van der Waals surface area (Å²) in [6.07, 6.45) is 3.92. The smallest absolute Gasteiger partial charge is 0.0619 e. The monoisotopic (exact) mass is 201 g/mol. The third kappa shape index (κ3) is 3.51. The highest BCUT2D eigenvalue weighted by Crippen LogP contribution is 2.35. The van der Waals surface area contributed by atoms with Crippen LogP contribution in [0.25, 0.3) is 0 Å². The van der Waals surface area contributed by atoms with E-state index in [1.54, 1.807) is 0 Å². The molecular weight excluding hydrogens is 178 g/mol. The molecule has 0 aromatic rings. The molecule has 78 valence electrons. The molecule has 1 saturated heterocycles. The summed E-state index contributed by atoms with van der Waals surface area (Å²) in [5.74, 6) is 2.13. The highest BCUT2D eigenvalue weighted by atomic mass is 32.2. The lowest BCUT2D eigenvalue weighted by Crippen LogP contribution is -2.39. The van der Waals surface area contributed by atoms with Gasteiger partial charge in [0.1, 0.15) is 0 Å². The first-order chi connectivity index (χ1) is 6.06. The summed E-state index contributed by atoms with van der Waals surface area (Å²) in [5, 5.41) is 3.74. The number of rotatable bonds is 4. The summed E-state index contributed by atoms with van der Waals surface area (Å²) in [5.41, 5.74) is 0. The van der Waals surface area contributed by atoms with Gasteiger partial charge in [-0.25, -0.2) is 0 Å². The lowest BCUT2D eigenvalue weighted by Gasteiger charge is -2.25. The zero-order chi connectivity index (χ0) is 9.90. The molecule has 1 fully saturated rings. The van der Waals surface area contributed by atoms with Gasteiger partial charge in [0.15, 0.2) is 0 Å². The van der Waals surface area contributed by atoms with Crippen molar-refractivity contribution in [2.75, 3.05) is 5.75 Å². The average Bonchev–Trinajstić information content (AvgIpc) is 2.45. The molecule has 0 saturated carbocycles. The molecule has 0 radical (unpaired) electrons. The molecule has 1 heterocycles. The number of nitrogens with one attached hydrogen (secondary N) is 1. The summed E-state index contributed by atoms with van der Waals surface area (Å²) in [4.78, 5) is 0.366. The van der Waals surface area contributed by atoms with E-state index in [1.165, 1.54) is 25.0 Å². The van der Waals surface area contributed by atoms with E-state index in [1.807, 2.05) is 0 Å². The van der Waals surface area contributed by atoms with E-state index in [0.29, 0.717) is 4.87 Å². The quantitative estimate of drug-likeness (QED) is 0.749. The van der Waals surface area contributed by atoms with E-state index in [0.717, 1.165) is 12.0 Å². The van der Waals surface area contributed by atoms with Gasteiger partial charge in [-0.15, -0.1) is 11.8 Å². The average molecular weight is 201 g/mol. The van der Waals surface area contributed by atoms with Crippen LogP contribution < -0.4 is 5.32 Å². The van der Waals surface area contributed by atoms with Gasteiger partial charge in [0.2, 0.25) is 0 Å². The Balaban J connectivity index is 2.31. The van der Waals surface area contributed by atoms with Crippen LogP contribution in [0.5, 0.6) is 0 Å². The largest absolute Gasteiger partial charge is 0.299 e. The Hall–Kier alpha value is 0.310. The van der Waals surface area contributed by atoms with Gasteiger partial charge in [0.05, 0.1) is 4.87 Å². The Morgan fingerprint density at radius 2 is 2.23 bits per heavy atom. The van der Waals surface area contributed by atoms with Crippen LogP contribution in [0.2, 0.25) is 0 Å². The predicted molar refractivity (Wildman–Crippen MR) is 62.1 cm³/mol. The molecule has 1 aliphatic heterocycles. The fourth-order valence-corrected chi connectivity index (χ4v) is 3.13. The van der Waals surface area contributed by atoms with Gasteiger partial charge in [-0.05, 0) is 32.1 Å². The van der Waals surface area contributed by atoms with E-state index in [4.69, 9.17) is 0 Å². The molecule has 0 aromatic carbocycles. The molecule has 1 rings (SSSR count). The van der Waals surface area contributed by atoms with Gasteiger partial charge in [-0.2, -0.15) is 0 Å². The van der Waals surface area contributed by atoms with Crippen LogP contribution in [0, 0.1) is 5.92 Å². The molecule has 0 bridgehead atoms. The first-order valence-electron chi connectivity index (χ1n) is 5.47. The first kappa shape index (κ1) is 11.4. The Bertz CT molecular complexity index is 158. The molecule has 0 amide bonds. The van der Waals surface area contributed by atoms with E-state index < -0.39 is 0 Å². The topological polar surface area (TPSA) is 12.0 Å². The van der Waals surface area contributed by atoms with Crippen molar-refractivity contribution in [1.29, 1.82) is 0 Å². The molecule has 0 aliphatic carbocycles. The lowest BCUT2D eigenvalue weighted by molar-refractivity contribution is 0.399. The highest BCUT2D eigenvalue weighted by Gasteiger charge is 2.33. The van der Waals surface area contributed by atoms with Crippen molar-refractivity contribution in [1.82, 2.24) is 5.32 Å². The second-order valence-electron chi connectivity index (χ2n) is 4.72. The van der Waals surface area contributed by atoms with Gasteiger partial charge in [0.25, 0.3) is 0 Å². The van der Waals surface area contributed by atoms with Gasteiger partial charge < -0.3 is 0 Å².